The van der Waals surface area contributed by atoms with Crippen molar-refractivity contribution in [1.82, 2.24) is 9.78 Å². The Morgan fingerprint density at radius 1 is 1.35 bits per heavy atom. The number of halogens is 3. The molecule has 3 aromatic rings. The second-order valence-corrected chi connectivity index (χ2v) is 6.63. The van der Waals surface area contributed by atoms with Crippen molar-refractivity contribution in [1.29, 1.82) is 5.26 Å². The summed E-state index contributed by atoms with van der Waals surface area (Å²) in [5.41, 5.74) is 1.03. The Labute approximate surface area is 162 Å². The highest BCUT2D eigenvalue weighted by atomic mass is 79.9. The maximum absolute atomic E-state index is 13.9. The van der Waals surface area contributed by atoms with E-state index in [4.69, 9.17) is 16.9 Å². The van der Waals surface area contributed by atoms with Gasteiger partial charge >= 0.3 is 0 Å². The topological polar surface area (TPSA) is 70.7 Å². The molecule has 0 unspecified atom stereocenters. The highest BCUT2D eigenvalue weighted by Gasteiger charge is 2.14. The van der Waals surface area contributed by atoms with E-state index in [1.807, 2.05) is 6.07 Å². The van der Waals surface area contributed by atoms with Gasteiger partial charge in [0.2, 0.25) is 0 Å². The van der Waals surface area contributed by atoms with Gasteiger partial charge in [-0.2, -0.15) is 10.4 Å². The lowest BCUT2D eigenvalue weighted by atomic mass is 10.1. The van der Waals surface area contributed by atoms with Crippen LogP contribution < -0.4 is 5.32 Å². The van der Waals surface area contributed by atoms with E-state index >= 15 is 0 Å². The summed E-state index contributed by atoms with van der Waals surface area (Å²) >= 11 is 9.35. The zero-order chi connectivity index (χ0) is 18.7. The number of carbonyl (C=O) groups is 1. The molecule has 0 saturated carbocycles. The number of rotatable bonds is 4. The number of benzene rings is 2. The van der Waals surface area contributed by atoms with Crippen LogP contribution in [0.15, 0.2) is 53.1 Å². The summed E-state index contributed by atoms with van der Waals surface area (Å²) in [5, 5.41) is 16.1. The van der Waals surface area contributed by atoms with Crippen LogP contribution in [-0.4, -0.2) is 15.7 Å². The van der Waals surface area contributed by atoms with Crippen molar-refractivity contribution in [3.63, 3.8) is 0 Å². The van der Waals surface area contributed by atoms with Crippen molar-refractivity contribution in [3.05, 3.63) is 80.7 Å². The first-order valence-corrected chi connectivity index (χ1v) is 8.62. The van der Waals surface area contributed by atoms with Crippen molar-refractivity contribution >= 4 is 39.3 Å². The summed E-state index contributed by atoms with van der Waals surface area (Å²) in [5.74, 6) is -0.551. The van der Waals surface area contributed by atoms with Gasteiger partial charge in [0.25, 0.3) is 5.91 Å². The number of anilines is 1. The van der Waals surface area contributed by atoms with Crippen molar-refractivity contribution in [2.75, 3.05) is 5.32 Å². The molecular formula is C18H11BrClFN4O. The zero-order valence-electron chi connectivity index (χ0n) is 13.2. The second kappa shape index (κ2) is 7.68. The van der Waals surface area contributed by atoms with Crippen LogP contribution in [0.2, 0.25) is 5.02 Å². The number of nitriles is 1. The smallest absolute Gasteiger partial charge is 0.256 e. The van der Waals surface area contributed by atoms with E-state index in [0.29, 0.717) is 26.2 Å². The third-order valence-corrected chi connectivity index (χ3v) is 4.52. The molecule has 1 aromatic heterocycles. The van der Waals surface area contributed by atoms with Gasteiger partial charge in [0.15, 0.2) is 5.82 Å². The van der Waals surface area contributed by atoms with Crippen LogP contribution in [0.3, 0.4) is 0 Å². The number of hydrogen-bond donors (Lipinski definition) is 1. The molecule has 1 amide bonds. The number of nitrogens with zero attached hydrogens (tertiary/aromatic N) is 3. The minimum absolute atomic E-state index is 0.115. The molecule has 26 heavy (non-hydrogen) atoms. The maximum Gasteiger partial charge on any atom is 0.256 e. The summed E-state index contributed by atoms with van der Waals surface area (Å²) in [6.07, 6.45) is 1.62. The molecule has 0 saturated heterocycles. The molecule has 1 N–H and O–H groups in total. The standard InChI is InChI=1S/C18H11BrClFN4O/c19-14-10-25(9-13-15(20)5-2-6-16(13)21)24-17(14)23-18(26)12-4-1-3-11(7-12)8-22/h1-7,10H,9H2,(H,23,24,26). The molecule has 1 heterocycles. The Balaban J connectivity index is 1.80. The molecule has 130 valence electrons. The number of carbonyl (C=O) groups excluding carboxylic acids is 1. The zero-order valence-corrected chi connectivity index (χ0v) is 15.6. The Hall–Kier alpha value is -2.69. The quantitative estimate of drug-likeness (QED) is 0.653. The van der Waals surface area contributed by atoms with Crippen molar-refractivity contribution in [3.8, 4) is 6.07 Å². The first-order chi connectivity index (χ1) is 12.5. The SMILES string of the molecule is N#Cc1cccc(C(=O)Nc2nn(Cc3c(F)cccc3Cl)cc2Br)c1. The molecule has 3 rings (SSSR count). The van der Waals surface area contributed by atoms with E-state index in [1.54, 1.807) is 30.5 Å². The minimum atomic E-state index is -0.428. The second-order valence-electron chi connectivity index (χ2n) is 5.37. The third-order valence-electron chi connectivity index (χ3n) is 3.58. The molecule has 0 atom stereocenters. The summed E-state index contributed by atoms with van der Waals surface area (Å²) in [4.78, 5) is 12.3. The Kier molecular flexibility index (Phi) is 5.35. The molecule has 0 fully saturated rings. The Morgan fingerprint density at radius 3 is 2.85 bits per heavy atom. The van der Waals surface area contributed by atoms with Crippen LogP contribution in [0.1, 0.15) is 21.5 Å². The molecule has 0 aliphatic heterocycles. The molecular weight excluding hydrogens is 423 g/mol. The molecule has 0 aliphatic carbocycles. The van der Waals surface area contributed by atoms with E-state index in [9.17, 15) is 9.18 Å². The average Bonchev–Trinajstić information content (AvgIpc) is 2.97. The highest BCUT2D eigenvalue weighted by molar-refractivity contribution is 9.10. The maximum atomic E-state index is 13.9. The normalized spacial score (nSPS) is 10.4. The summed E-state index contributed by atoms with van der Waals surface area (Å²) in [6.45, 7) is 0.115. The molecule has 5 nitrogen and oxygen atoms in total. The highest BCUT2D eigenvalue weighted by Crippen LogP contribution is 2.24. The van der Waals surface area contributed by atoms with Crippen molar-refractivity contribution < 1.29 is 9.18 Å². The fourth-order valence-electron chi connectivity index (χ4n) is 2.32. The van der Waals surface area contributed by atoms with Crippen LogP contribution in [0.25, 0.3) is 0 Å². The monoisotopic (exact) mass is 432 g/mol. The van der Waals surface area contributed by atoms with E-state index in [0.717, 1.165) is 0 Å². The first kappa shape index (κ1) is 18.1. The minimum Gasteiger partial charge on any atom is -0.304 e. The van der Waals surface area contributed by atoms with Gasteiger partial charge in [0.05, 0.1) is 22.7 Å². The largest absolute Gasteiger partial charge is 0.304 e. The number of nitrogens with one attached hydrogen (secondary N) is 1. The predicted octanol–water partition coefficient (Wildman–Crippen LogP) is 4.61. The van der Waals surface area contributed by atoms with Crippen molar-refractivity contribution in [2.24, 2.45) is 0 Å². The van der Waals surface area contributed by atoms with Crippen LogP contribution in [0.5, 0.6) is 0 Å². The molecule has 0 spiro atoms. The molecule has 0 bridgehead atoms. The van der Waals surface area contributed by atoms with Gasteiger partial charge in [-0.3, -0.25) is 9.48 Å². The van der Waals surface area contributed by atoms with Crippen LogP contribution >= 0.6 is 27.5 Å². The van der Waals surface area contributed by atoms with Gasteiger partial charge in [-0.25, -0.2) is 4.39 Å². The molecule has 0 aliphatic rings. The van der Waals surface area contributed by atoms with Gasteiger partial charge in [-0.15, -0.1) is 0 Å². The number of amides is 1. The first-order valence-electron chi connectivity index (χ1n) is 7.45. The van der Waals surface area contributed by atoms with Crippen LogP contribution in [-0.2, 0) is 6.54 Å². The Morgan fingerprint density at radius 2 is 2.12 bits per heavy atom. The van der Waals surface area contributed by atoms with Crippen LogP contribution in [0.4, 0.5) is 10.2 Å². The Bertz CT molecular complexity index is 1010. The lowest BCUT2D eigenvalue weighted by molar-refractivity contribution is 0.102. The fraction of sp³-hybridized carbons (Fsp3) is 0.0556. The van der Waals surface area contributed by atoms with Crippen molar-refractivity contribution in [2.45, 2.75) is 6.54 Å². The summed E-state index contributed by atoms with van der Waals surface area (Å²) < 4.78 is 15.9. The summed E-state index contributed by atoms with van der Waals surface area (Å²) in [6, 6.07) is 12.8. The lowest BCUT2D eigenvalue weighted by Gasteiger charge is -2.06. The van der Waals surface area contributed by atoms with E-state index in [-0.39, 0.29) is 12.4 Å². The number of aromatic nitrogens is 2. The molecule has 0 radical (unpaired) electrons. The van der Waals surface area contributed by atoms with Gasteiger partial charge in [0.1, 0.15) is 5.82 Å². The van der Waals surface area contributed by atoms with Gasteiger partial charge in [-0.1, -0.05) is 23.7 Å². The summed E-state index contributed by atoms with van der Waals surface area (Å²) in [7, 11) is 0. The van der Waals surface area contributed by atoms with E-state index < -0.39 is 11.7 Å². The predicted molar refractivity (Wildman–Crippen MR) is 99.5 cm³/mol. The lowest BCUT2D eigenvalue weighted by Crippen LogP contribution is -2.13. The number of hydrogen-bond acceptors (Lipinski definition) is 3. The molecule has 8 heteroatoms. The van der Waals surface area contributed by atoms with Gasteiger partial charge in [0, 0.05) is 22.3 Å². The average molecular weight is 434 g/mol. The van der Waals surface area contributed by atoms with Gasteiger partial charge in [-0.05, 0) is 46.3 Å². The fourth-order valence-corrected chi connectivity index (χ4v) is 2.96. The van der Waals surface area contributed by atoms with Gasteiger partial charge < -0.3 is 5.32 Å². The third kappa shape index (κ3) is 3.93. The van der Waals surface area contributed by atoms with Crippen LogP contribution in [0, 0.1) is 17.1 Å². The molecule has 2 aromatic carbocycles. The van der Waals surface area contributed by atoms with E-state index in [2.05, 4.69) is 26.3 Å². The van der Waals surface area contributed by atoms with E-state index in [1.165, 1.54) is 22.9 Å².